The van der Waals surface area contributed by atoms with Gasteiger partial charge in [0.15, 0.2) is 0 Å². The molecule has 0 heterocycles. The molecule has 0 amide bonds. The van der Waals surface area contributed by atoms with E-state index in [0.29, 0.717) is 19.5 Å². The fourth-order valence-corrected chi connectivity index (χ4v) is 1.56. The number of methoxy groups -OCH3 is 1. The quantitative estimate of drug-likeness (QED) is 0.737. The van der Waals surface area contributed by atoms with E-state index in [1.807, 2.05) is 18.9 Å². The average molecular weight is 239 g/mol. The molecule has 1 rings (SSSR count). The Kier molecular flexibility index (Phi) is 5.10. The molecule has 0 aliphatic heterocycles. The van der Waals surface area contributed by atoms with Gasteiger partial charge in [0.05, 0.1) is 13.5 Å². The number of carbonyl (C=O) groups is 1. The maximum Gasteiger partial charge on any atom is 0.306 e. The summed E-state index contributed by atoms with van der Waals surface area (Å²) in [4.78, 5) is 13.0. The topological polar surface area (TPSA) is 29.5 Å². The molecule has 0 aliphatic rings. The van der Waals surface area contributed by atoms with Crippen LogP contribution in [0.2, 0.25) is 0 Å². The summed E-state index contributed by atoms with van der Waals surface area (Å²) in [5, 5.41) is 0. The predicted molar refractivity (Wildman–Crippen MR) is 64.1 cm³/mol. The van der Waals surface area contributed by atoms with Crippen molar-refractivity contribution in [2.24, 2.45) is 0 Å². The Hall–Kier alpha value is -1.42. The molecule has 0 fully saturated rings. The minimum absolute atomic E-state index is 0.229. The highest BCUT2D eigenvalue weighted by molar-refractivity contribution is 5.69. The third kappa shape index (κ3) is 4.53. The molecule has 0 N–H and O–H groups in total. The number of hydrogen-bond acceptors (Lipinski definition) is 3. The smallest absolute Gasteiger partial charge is 0.306 e. The zero-order valence-corrected chi connectivity index (χ0v) is 10.5. The van der Waals surface area contributed by atoms with Crippen LogP contribution in [0.5, 0.6) is 0 Å². The lowest BCUT2D eigenvalue weighted by Crippen LogP contribution is -2.22. The third-order valence-electron chi connectivity index (χ3n) is 2.68. The van der Waals surface area contributed by atoms with Crippen LogP contribution in [0.15, 0.2) is 18.2 Å². The van der Waals surface area contributed by atoms with Gasteiger partial charge in [0.2, 0.25) is 0 Å². The molecule has 0 spiro atoms. The molecule has 0 bridgehead atoms. The monoisotopic (exact) mass is 239 g/mol. The van der Waals surface area contributed by atoms with Crippen LogP contribution in [0.1, 0.15) is 17.5 Å². The molecule has 0 aromatic heterocycles. The van der Waals surface area contributed by atoms with Crippen LogP contribution in [-0.2, 0) is 16.1 Å². The summed E-state index contributed by atoms with van der Waals surface area (Å²) in [6, 6.07) is 4.75. The summed E-state index contributed by atoms with van der Waals surface area (Å²) in [5.41, 5.74) is 1.99. The lowest BCUT2D eigenvalue weighted by Gasteiger charge is -2.17. The van der Waals surface area contributed by atoms with Crippen LogP contribution in [0, 0.1) is 12.7 Å². The Morgan fingerprint density at radius 2 is 2.18 bits per heavy atom. The maximum absolute atomic E-state index is 13.1. The number of benzene rings is 1. The summed E-state index contributed by atoms with van der Waals surface area (Å²) in [7, 11) is 3.27. The number of rotatable bonds is 5. The van der Waals surface area contributed by atoms with Crippen molar-refractivity contribution in [3.63, 3.8) is 0 Å². The number of halogens is 1. The summed E-state index contributed by atoms with van der Waals surface area (Å²) in [6.07, 6.45) is 0.349. The van der Waals surface area contributed by atoms with Crippen molar-refractivity contribution < 1.29 is 13.9 Å². The minimum atomic E-state index is -0.230. The van der Waals surface area contributed by atoms with Gasteiger partial charge in [-0.3, -0.25) is 4.79 Å². The van der Waals surface area contributed by atoms with E-state index in [1.54, 1.807) is 6.07 Å². The summed E-state index contributed by atoms with van der Waals surface area (Å²) in [5.74, 6) is -0.459. The molecule has 0 unspecified atom stereocenters. The van der Waals surface area contributed by atoms with Crippen LogP contribution < -0.4 is 0 Å². The van der Waals surface area contributed by atoms with Crippen molar-refractivity contribution in [2.75, 3.05) is 20.7 Å². The summed E-state index contributed by atoms with van der Waals surface area (Å²) >= 11 is 0. The Morgan fingerprint density at radius 1 is 1.47 bits per heavy atom. The fraction of sp³-hybridized carbons (Fsp3) is 0.462. The van der Waals surface area contributed by atoms with E-state index in [1.165, 1.54) is 19.2 Å². The second-order valence-electron chi connectivity index (χ2n) is 4.13. The van der Waals surface area contributed by atoms with E-state index in [0.717, 1.165) is 11.1 Å². The highest BCUT2D eigenvalue weighted by Crippen LogP contribution is 2.12. The molecule has 0 saturated carbocycles. The number of ether oxygens (including phenoxy) is 1. The van der Waals surface area contributed by atoms with E-state index in [-0.39, 0.29) is 11.8 Å². The van der Waals surface area contributed by atoms with E-state index in [2.05, 4.69) is 4.74 Å². The van der Waals surface area contributed by atoms with Gasteiger partial charge >= 0.3 is 5.97 Å². The normalized spacial score (nSPS) is 10.6. The number of esters is 1. The molecule has 0 saturated heterocycles. The molecule has 1 aromatic rings. The Bertz CT molecular complexity index is 393. The highest BCUT2D eigenvalue weighted by Gasteiger charge is 2.07. The van der Waals surface area contributed by atoms with Crippen LogP contribution in [0.25, 0.3) is 0 Å². The molecule has 3 nitrogen and oxygen atoms in total. The zero-order valence-electron chi connectivity index (χ0n) is 10.5. The fourth-order valence-electron chi connectivity index (χ4n) is 1.56. The number of carbonyl (C=O) groups excluding carboxylic acids is 1. The second-order valence-corrected chi connectivity index (χ2v) is 4.13. The molecule has 0 atom stereocenters. The van der Waals surface area contributed by atoms with Gasteiger partial charge in [0.25, 0.3) is 0 Å². The lowest BCUT2D eigenvalue weighted by molar-refractivity contribution is -0.140. The minimum Gasteiger partial charge on any atom is -0.469 e. The summed E-state index contributed by atoms with van der Waals surface area (Å²) < 4.78 is 17.6. The lowest BCUT2D eigenvalue weighted by atomic mass is 10.1. The van der Waals surface area contributed by atoms with Crippen molar-refractivity contribution in [1.29, 1.82) is 0 Å². The third-order valence-corrected chi connectivity index (χ3v) is 2.68. The molecule has 0 aliphatic carbocycles. The predicted octanol–water partition coefficient (Wildman–Crippen LogP) is 2.13. The first-order valence-electron chi connectivity index (χ1n) is 5.53. The zero-order chi connectivity index (χ0) is 12.8. The van der Waals surface area contributed by atoms with Gasteiger partial charge in [0, 0.05) is 13.1 Å². The molecule has 4 heteroatoms. The SMILES string of the molecule is COC(=O)CCN(C)Cc1cc(F)ccc1C. The van der Waals surface area contributed by atoms with Crippen molar-refractivity contribution in [3.05, 3.63) is 35.1 Å². The van der Waals surface area contributed by atoms with Crippen LogP contribution in [0.3, 0.4) is 0 Å². The first-order valence-corrected chi connectivity index (χ1v) is 5.53. The molecule has 17 heavy (non-hydrogen) atoms. The van der Waals surface area contributed by atoms with E-state index >= 15 is 0 Å². The average Bonchev–Trinajstić information content (AvgIpc) is 2.30. The van der Waals surface area contributed by atoms with Crippen molar-refractivity contribution in [3.8, 4) is 0 Å². The first kappa shape index (κ1) is 13.6. The molecular weight excluding hydrogens is 221 g/mol. The summed E-state index contributed by atoms with van der Waals surface area (Å²) in [6.45, 7) is 3.17. The molecular formula is C13H18FNO2. The standard InChI is InChI=1S/C13H18FNO2/c1-10-4-5-12(14)8-11(10)9-15(2)7-6-13(16)17-3/h4-5,8H,6-7,9H2,1-3H3. The molecule has 0 radical (unpaired) electrons. The van der Waals surface area contributed by atoms with Crippen molar-refractivity contribution in [2.45, 2.75) is 19.9 Å². The van der Waals surface area contributed by atoms with Gasteiger partial charge in [0.1, 0.15) is 5.82 Å². The van der Waals surface area contributed by atoms with Gasteiger partial charge in [-0.2, -0.15) is 0 Å². The van der Waals surface area contributed by atoms with Gasteiger partial charge in [-0.1, -0.05) is 6.07 Å². The van der Waals surface area contributed by atoms with Gasteiger partial charge in [-0.05, 0) is 37.2 Å². The second kappa shape index (κ2) is 6.35. The number of nitrogens with zero attached hydrogens (tertiary/aromatic N) is 1. The Balaban J connectivity index is 2.52. The highest BCUT2D eigenvalue weighted by atomic mass is 19.1. The van der Waals surface area contributed by atoms with Gasteiger partial charge < -0.3 is 9.64 Å². The van der Waals surface area contributed by atoms with Crippen LogP contribution in [0.4, 0.5) is 4.39 Å². The Labute approximate surface area is 101 Å². The van der Waals surface area contributed by atoms with Crippen molar-refractivity contribution >= 4 is 5.97 Å². The van der Waals surface area contributed by atoms with Crippen LogP contribution >= 0.6 is 0 Å². The first-order chi connectivity index (χ1) is 8.02. The Morgan fingerprint density at radius 3 is 2.82 bits per heavy atom. The molecule has 94 valence electrons. The largest absolute Gasteiger partial charge is 0.469 e. The van der Waals surface area contributed by atoms with E-state index in [4.69, 9.17) is 0 Å². The maximum atomic E-state index is 13.1. The van der Waals surface area contributed by atoms with Crippen molar-refractivity contribution in [1.82, 2.24) is 4.90 Å². The number of aryl methyl sites for hydroxylation is 1. The van der Waals surface area contributed by atoms with E-state index < -0.39 is 0 Å². The van der Waals surface area contributed by atoms with Gasteiger partial charge in [-0.15, -0.1) is 0 Å². The molecule has 1 aromatic carbocycles. The van der Waals surface area contributed by atoms with Gasteiger partial charge in [-0.25, -0.2) is 4.39 Å². The van der Waals surface area contributed by atoms with Crippen LogP contribution in [-0.4, -0.2) is 31.6 Å². The number of hydrogen-bond donors (Lipinski definition) is 0. The van der Waals surface area contributed by atoms with E-state index in [9.17, 15) is 9.18 Å².